The minimum Gasteiger partial charge on any atom is -0.459 e. The number of para-hydroxylation sites is 1. The lowest BCUT2D eigenvalue weighted by molar-refractivity contribution is 0.0376. The van der Waals surface area contributed by atoms with Gasteiger partial charge in [-0.2, -0.15) is 0 Å². The lowest BCUT2D eigenvalue weighted by Crippen LogP contribution is -2.16. The third-order valence-electron chi connectivity index (χ3n) is 3.33. The molecule has 0 radical (unpaired) electrons. The molecule has 1 amide bonds. The van der Waals surface area contributed by atoms with Crippen LogP contribution in [0.25, 0.3) is 0 Å². The van der Waals surface area contributed by atoms with Gasteiger partial charge >= 0.3 is 5.97 Å². The number of hydrogen-bond donors (Lipinski definition) is 2. The summed E-state index contributed by atoms with van der Waals surface area (Å²) in [7, 11) is 0. The zero-order valence-electron chi connectivity index (χ0n) is 13.5. The maximum absolute atomic E-state index is 13.6. The number of amides is 1. The van der Waals surface area contributed by atoms with E-state index in [9.17, 15) is 14.0 Å². The molecule has 0 aliphatic carbocycles. The summed E-state index contributed by atoms with van der Waals surface area (Å²) in [5.41, 5.74) is 1.63. The summed E-state index contributed by atoms with van der Waals surface area (Å²) in [6.45, 7) is 6.84. The van der Waals surface area contributed by atoms with Gasteiger partial charge < -0.3 is 15.0 Å². The molecular formula is C17H19FN2O3. The van der Waals surface area contributed by atoms with Crippen LogP contribution in [-0.4, -0.2) is 23.0 Å². The minimum absolute atomic E-state index is 0.0791. The van der Waals surface area contributed by atoms with Gasteiger partial charge in [0.1, 0.15) is 11.5 Å². The zero-order chi connectivity index (χ0) is 17.1. The van der Waals surface area contributed by atoms with Gasteiger partial charge in [-0.15, -0.1) is 0 Å². The number of esters is 1. The van der Waals surface area contributed by atoms with Crippen molar-refractivity contribution in [3.63, 3.8) is 0 Å². The summed E-state index contributed by atoms with van der Waals surface area (Å²) < 4.78 is 18.8. The summed E-state index contributed by atoms with van der Waals surface area (Å²) in [4.78, 5) is 27.3. The monoisotopic (exact) mass is 318 g/mol. The number of aryl methyl sites for hydroxylation is 1. The average Bonchev–Trinajstić information content (AvgIpc) is 2.75. The van der Waals surface area contributed by atoms with E-state index in [1.54, 1.807) is 33.8 Å². The number of halogens is 1. The molecule has 2 N–H and O–H groups in total. The summed E-state index contributed by atoms with van der Waals surface area (Å²) in [5.74, 6) is -1.53. The van der Waals surface area contributed by atoms with Crippen LogP contribution in [-0.2, 0) is 4.74 Å². The first-order chi connectivity index (χ1) is 10.8. The average molecular weight is 318 g/mol. The molecule has 2 aromatic rings. The zero-order valence-corrected chi connectivity index (χ0v) is 13.5. The number of H-pyrrole nitrogens is 1. The van der Waals surface area contributed by atoms with Crippen LogP contribution in [0.15, 0.2) is 24.3 Å². The Morgan fingerprint density at radius 2 is 1.87 bits per heavy atom. The van der Waals surface area contributed by atoms with Gasteiger partial charge in [0.05, 0.1) is 17.4 Å². The van der Waals surface area contributed by atoms with Crippen LogP contribution in [0.5, 0.6) is 0 Å². The number of nitrogens with one attached hydrogen (secondary N) is 2. The lowest BCUT2D eigenvalue weighted by Gasteiger charge is -2.08. The minimum atomic E-state index is -0.527. The Morgan fingerprint density at radius 1 is 1.22 bits per heavy atom. The molecule has 0 spiro atoms. The first kappa shape index (κ1) is 16.7. The molecule has 0 unspecified atom stereocenters. The van der Waals surface area contributed by atoms with Crippen LogP contribution in [0, 0.1) is 19.7 Å². The highest BCUT2D eigenvalue weighted by atomic mass is 19.1. The van der Waals surface area contributed by atoms with E-state index in [-0.39, 0.29) is 17.5 Å². The molecule has 0 fully saturated rings. The Bertz CT molecular complexity index is 750. The third-order valence-corrected chi connectivity index (χ3v) is 3.33. The Kier molecular flexibility index (Phi) is 4.83. The van der Waals surface area contributed by atoms with Crippen molar-refractivity contribution < 1.29 is 18.7 Å². The van der Waals surface area contributed by atoms with Crippen LogP contribution in [0.3, 0.4) is 0 Å². The molecule has 1 heterocycles. The summed E-state index contributed by atoms with van der Waals surface area (Å²) in [6.07, 6.45) is -0.258. The molecule has 1 aromatic heterocycles. The van der Waals surface area contributed by atoms with Crippen molar-refractivity contribution in [1.82, 2.24) is 4.98 Å². The molecule has 122 valence electrons. The van der Waals surface area contributed by atoms with Gasteiger partial charge in [0.25, 0.3) is 5.91 Å². The van der Waals surface area contributed by atoms with E-state index in [1.165, 1.54) is 18.2 Å². The van der Waals surface area contributed by atoms with Gasteiger partial charge in [-0.3, -0.25) is 4.79 Å². The smallest absolute Gasteiger partial charge is 0.340 e. The van der Waals surface area contributed by atoms with Gasteiger partial charge in [0.2, 0.25) is 0 Å². The third kappa shape index (κ3) is 3.59. The Morgan fingerprint density at radius 3 is 2.48 bits per heavy atom. The van der Waals surface area contributed by atoms with Gasteiger partial charge in [0.15, 0.2) is 0 Å². The second kappa shape index (κ2) is 6.64. The van der Waals surface area contributed by atoms with E-state index in [2.05, 4.69) is 10.3 Å². The van der Waals surface area contributed by atoms with Crippen LogP contribution >= 0.6 is 0 Å². The topological polar surface area (TPSA) is 71.2 Å². The number of aromatic amines is 1. The molecule has 1 aromatic carbocycles. The van der Waals surface area contributed by atoms with E-state index < -0.39 is 17.7 Å². The second-order valence-corrected chi connectivity index (χ2v) is 5.51. The van der Waals surface area contributed by atoms with Gasteiger partial charge in [-0.1, -0.05) is 12.1 Å². The quantitative estimate of drug-likeness (QED) is 0.846. The first-order valence-electron chi connectivity index (χ1n) is 7.27. The normalized spacial score (nSPS) is 10.7. The fraction of sp³-hybridized carbons (Fsp3) is 0.294. The maximum Gasteiger partial charge on any atom is 0.340 e. The number of aromatic nitrogens is 1. The molecular weight excluding hydrogens is 299 g/mol. The highest BCUT2D eigenvalue weighted by molar-refractivity contribution is 6.06. The molecule has 0 saturated carbocycles. The number of hydrogen-bond acceptors (Lipinski definition) is 3. The Hall–Kier alpha value is -2.63. The predicted molar refractivity (Wildman–Crippen MR) is 85.2 cm³/mol. The molecule has 0 saturated heterocycles. The number of carbonyl (C=O) groups excluding carboxylic acids is 2. The number of carbonyl (C=O) groups is 2. The van der Waals surface area contributed by atoms with Crippen molar-refractivity contribution in [3.8, 4) is 0 Å². The van der Waals surface area contributed by atoms with Crippen LogP contribution in [0.2, 0.25) is 0 Å². The molecule has 23 heavy (non-hydrogen) atoms. The second-order valence-electron chi connectivity index (χ2n) is 5.51. The number of rotatable bonds is 4. The molecule has 2 rings (SSSR count). The van der Waals surface area contributed by atoms with Crippen LogP contribution in [0.4, 0.5) is 10.1 Å². The van der Waals surface area contributed by atoms with Crippen molar-refractivity contribution in [1.29, 1.82) is 0 Å². The SMILES string of the molecule is Cc1[nH]c(C(=O)Nc2ccccc2F)c(C)c1C(=O)OC(C)C. The predicted octanol–water partition coefficient (Wildman–Crippen LogP) is 3.59. The standard InChI is InChI=1S/C17H19FN2O3/c1-9(2)23-17(22)14-10(3)15(19-11(14)4)16(21)20-13-8-6-5-7-12(13)18/h5-9,19H,1-4H3,(H,20,21). The highest BCUT2D eigenvalue weighted by Crippen LogP contribution is 2.21. The first-order valence-corrected chi connectivity index (χ1v) is 7.27. The summed E-state index contributed by atoms with van der Waals surface area (Å²) >= 11 is 0. The Labute approximate surface area is 133 Å². The molecule has 0 aliphatic rings. The van der Waals surface area contributed by atoms with E-state index in [0.717, 1.165) is 0 Å². The number of anilines is 1. The van der Waals surface area contributed by atoms with Crippen molar-refractivity contribution in [2.75, 3.05) is 5.32 Å². The maximum atomic E-state index is 13.6. The van der Waals surface area contributed by atoms with Gasteiger partial charge in [-0.25, -0.2) is 9.18 Å². The summed E-state index contributed by atoms with van der Waals surface area (Å²) in [6, 6.07) is 5.88. The van der Waals surface area contributed by atoms with Crippen molar-refractivity contribution in [3.05, 3.63) is 52.6 Å². The molecule has 0 bridgehead atoms. The molecule has 6 heteroatoms. The fourth-order valence-electron chi connectivity index (χ4n) is 2.30. The molecule has 5 nitrogen and oxygen atoms in total. The van der Waals surface area contributed by atoms with E-state index >= 15 is 0 Å². The Balaban J connectivity index is 2.29. The van der Waals surface area contributed by atoms with Gasteiger partial charge in [-0.05, 0) is 45.4 Å². The van der Waals surface area contributed by atoms with Gasteiger partial charge in [0, 0.05) is 5.69 Å². The fourth-order valence-corrected chi connectivity index (χ4v) is 2.30. The lowest BCUT2D eigenvalue weighted by atomic mass is 10.1. The molecule has 0 atom stereocenters. The molecule has 0 aliphatic heterocycles. The van der Waals surface area contributed by atoms with E-state index in [0.29, 0.717) is 16.8 Å². The largest absolute Gasteiger partial charge is 0.459 e. The summed E-state index contributed by atoms with van der Waals surface area (Å²) in [5, 5.41) is 2.49. The number of benzene rings is 1. The van der Waals surface area contributed by atoms with E-state index in [4.69, 9.17) is 4.74 Å². The van der Waals surface area contributed by atoms with Crippen molar-refractivity contribution >= 4 is 17.6 Å². The van der Waals surface area contributed by atoms with Crippen LogP contribution < -0.4 is 5.32 Å². The number of ether oxygens (including phenoxy) is 1. The van der Waals surface area contributed by atoms with E-state index in [1.807, 2.05) is 0 Å². The highest BCUT2D eigenvalue weighted by Gasteiger charge is 2.24. The van der Waals surface area contributed by atoms with Crippen molar-refractivity contribution in [2.45, 2.75) is 33.8 Å². The van der Waals surface area contributed by atoms with Crippen LogP contribution in [0.1, 0.15) is 46.0 Å². The van der Waals surface area contributed by atoms with Crippen molar-refractivity contribution in [2.24, 2.45) is 0 Å².